The van der Waals surface area contributed by atoms with Gasteiger partial charge >= 0.3 is 6.09 Å². The van der Waals surface area contributed by atoms with Crippen molar-refractivity contribution in [3.8, 4) is 0 Å². The number of nitrogens with two attached hydrogens (primary N) is 1. The molecule has 0 fully saturated rings. The number of carboxylic acid groups (broad SMARTS) is 1. The van der Waals surface area contributed by atoms with Gasteiger partial charge in [0.25, 0.3) is 0 Å². The predicted octanol–water partition coefficient (Wildman–Crippen LogP) is 2.13. The molecule has 0 unspecified atom stereocenters. The van der Waals surface area contributed by atoms with Crippen molar-refractivity contribution in [3.05, 3.63) is 24.2 Å². The number of imidazole rings is 1. The number of nitrogens with zero attached hydrogens (tertiary/aromatic N) is 5. The average Bonchev–Trinajstić information content (AvgIpc) is 2.98. The molecule has 3 aromatic rings. The number of hydrogen-bond donors (Lipinski definition) is 3. The standard InChI is InChI=1S/C17H21N7O3/c1-10(2)23-27-9-12-22-14-15(24(12)8-4-7-20-17(25)26)13-11(21-16(14)18)5-3-6-19-13/h3,5-6,20H,4,7-9H2,1-2H3,(H2,18,21)(H,25,26). The van der Waals surface area contributed by atoms with Gasteiger partial charge in [0.1, 0.15) is 16.6 Å². The lowest BCUT2D eigenvalue weighted by Gasteiger charge is -2.10. The number of rotatable bonds is 7. The summed E-state index contributed by atoms with van der Waals surface area (Å²) in [5, 5.41) is 15.0. The third kappa shape index (κ3) is 4.05. The van der Waals surface area contributed by atoms with Crippen molar-refractivity contribution in [2.24, 2.45) is 5.16 Å². The Kier molecular flexibility index (Phi) is 5.34. The monoisotopic (exact) mass is 371 g/mol. The van der Waals surface area contributed by atoms with Crippen LogP contribution in [-0.2, 0) is 18.0 Å². The van der Waals surface area contributed by atoms with Crippen LogP contribution in [0.5, 0.6) is 0 Å². The largest absolute Gasteiger partial charge is 0.465 e. The molecule has 0 aliphatic heterocycles. The molecule has 0 spiro atoms. The highest BCUT2D eigenvalue weighted by molar-refractivity contribution is 6.04. The van der Waals surface area contributed by atoms with Crippen LogP contribution in [0.25, 0.3) is 22.1 Å². The first-order chi connectivity index (χ1) is 13.0. The Morgan fingerprint density at radius 3 is 2.93 bits per heavy atom. The summed E-state index contributed by atoms with van der Waals surface area (Å²) in [6, 6.07) is 3.63. The summed E-state index contributed by atoms with van der Waals surface area (Å²) in [7, 11) is 0. The van der Waals surface area contributed by atoms with Crippen molar-refractivity contribution >= 4 is 39.7 Å². The van der Waals surface area contributed by atoms with Gasteiger partial charge < -0.3 is 25.6 Å². The fourth-order valence-corrected chi connectivity index (χ4v) is 2.77. The van der Waals surface area contributed by atoms with Crippen LogP contribution in [0, 0.1) is 0 Å². The number of fused-ring (bicyclic) bond motifs is 3. The molecule has 142 valence electrons. The number of aryl methyl sites for hydroxylation is 1. The fourth-order valence-electron chi connectivity index (χ4n) is 2.77. The van der Waals surface area contributed by atoms with E-state index in [2.05, 4.69) is 25.4 Å². The van der Waals surface area contributed by atoms with E-state index >= 15 is 0 Å². The molecule has 3 rings (SSSR count). The van der Waals surface area contributed by atoms with E-state index in [9.17, 15) is 4.79 Å². The Hall–Kier alpha value is -3.43. The minimum atomic E-state index is -1.05. The SMILES string of the molecule is CC(C)=NOCc1nc2c(N)nc3cccnc3c2n1CCCNC(=O)O. The van der Waals surface area contributed by atoms with Crippen LogP contribution in [-0.4, -0.2) is 43.0 Å². The van der Waals surface area contributed by atoms with Crippen LogP contribution >= 0.6 is 0 Å². The Morgan fingerprint density at radius 1 is 1.37 bits per heavy atom. The van der Waals surface area contributed by atoms with Crippen molar-refractivity contribution in [1.29, 1.82) is 0 Å². The maximum Gasteiger partial charge on any atom is 0.404 e. The molecule has 0 aliphatic rings. The molecule has 0 bridgehead atoms. The topological polar surface area (TPSA) is 141 Å². The molecule has 4 N–H and O–H groups in total. The Morgan fingerprint density at radius 2 is 2.19 bits per heavy atom. The van der Waals surface area contributed by atoms with Crippen LogP contribution < -0.4 is 11.1 Å². The summed E-state index contributed by atoms with van der Waals surface area (Å²) in [6.07, 6.45) is 1.20. The van der Waals surface area contributed by atoms with Crippen molar-refractivity contribution in [1.82, 2.24) is 24.8 Å². The molecule has 0 atom stereocenters. The summed E-state index contributed by atoms with van der Waals surface area (Å²) < 4.78 is 1.94. The van der Waals surface area contributed by atoms with Crippen LogP contribution in [0.2, 0.25) is 0 Å². The average molecular weight is 371 g/mol. The smallest absolute Gasteiger partial charge is 0.404 e. The minimum absolute atomic E-state index is 0.153. The summed E-state index contributed by atoms with van der Waals surface area (Å²) in [5.74, 6) is 0.932. The van der Waals surface area contributed by atoms with E-state index < -0.39 is 6.09 Å². The third-order valence-corrected chi connectivity index (χ3v) is 3.82. The van der Waals surface area contributed by atoms with Crippen molar-refractivity contribution in [3.63, 3.8) is 0 Å². The second-order valence-electron chi connectivity index (χ2n) is 6.14. The lowest BCUT2D eigenvalue weighted by atomic mass is 10.2. The Bertz CT molecular complexity index is 1010. The number of nitrogens with one attached hydrogen (secondary N) is 1. The van der Waals surface area contributed by atoms with Gasteiger partial charge in [0.05, 0.1) is 11.2 Å². The van der Waals surface area contributed by atoms with Gasteiger partial charge in [-0.15, -0.1) is 0 Å². The fraction of sp³-hybridized carbons (Fsp3) is 0.353. The molecule has 0 aliphatic carbocycles. The highest BCUT2D eigenvalue weighted by atomic mass is 16.6. The van der Waals surface area contributed by atoms with Gasteiger partial charge in [0.2, 0.25) is 0 Å². The number of pyridine rings is 2. The van der Waals surface area contributed by atoms with Crippen LogP contribution in [0.15, 0.2) is 23.5 Å². The summed E-state index contributed by atoms with van der Waals surface area (Å²) in [4.78, 5) is 29.4. The first-order valence-corrected chi connectivity index (χ1v) is 8.46. The van der Waals surface area contributed by atoms with Crippen LogP contribution in [0.1, 0.15) is 26.1 Å². The molecule has 3 heterocycles. The lowest BCUT2D eigenvalue weighted by molar-refractivity contribution is 0.122. The minimum Gasteiger partial charge on any atom is -0.465 e. The molecule has 0 saturated heterocycles. The number of hydrogen-bond acceptors (Lipinski definition) is 7. The number of amides is 1. The first-order valence-electron chi connectivity index (χ1n) is 8.46. The molecule has 10 nitrogen and oxygen atoms in total. The van der Waals surface area contributed by atoms with E-state index in [0.717, 1.165) is 11.2 Å². The summed E-state index contributed by atoms with van der Waals surface area (Å²) in [5.41, 5.74) is 9.54. The number of anilines is 1. The van der Waals surface area contributed by atoms with Crippen molar-refractivity contribution in [2.75, 3.05) is 12.3 Å². The van der Waals surface area contributed by atoms with Gasteiger partial charge in [-0.1, -0.05) is 5.16 Å². The molecule has 0 aromatic carbocycles. The summed E-state index contributed by atoms with van der Waals surface area (Å²) in [6.45, 7) is 4.65. The number of oxime groups is 1. The molecule has 27 heavy (non-hydrogen) atoms. The Balaban J connectivity index is 2.04. The van der Waals surface area contributed by atoms with Crippen LogP contribution in [0.4, 0.5) is 10.6 Å². The lowest BCUT2D eigenvalue weighted by Crippen LogP contribution is -2.23. The van der Waals surface area contributed by atoms with Crippen molar-refractivity contribution < 1.29 is 14.7 Å². The third-order valence-electron chi connectivity index (χ3n) is 3.82. The molecular weight excluding hydrogens is 350 g/mol. The molecule has 3 aromatic heterocycles. The molecule has 0 saturated carbocycles. The van der Waals surface area contributed by atoms with Gasteiger partial charge in [-0.2, -0.15) is 0 Å². The molecule has 0 radical (unpaired) electrons. The van der Waals surface area contributed by atoms with Crippen molar-refractivity contribution in [2.45, 2.75) is 33.4 Å². The second-order valence-corrected chi connectivity index (χ2v) is 6.14. The molecular formula is C17H21N7O3. The van der Waals surface area contributed by atoms with Gasteiger partial charge in [0, 0.05) is 19.3 Å². The zero-order chi connectivity index (χ0) is 19.4. The van der Waals surface area contributed by atoms with Gasteiger partial charge in [-0.3, -0.25) is 4.98 Å². The second kappa shape index (κ2) is 7.85. The molecule has 10 heteroatoms. The number of aromatic nitrogens is 4. The molecule has 1 amide bonds. The summed E-state index contributed by atoms with van der Waals surface area (Å²) >= 11 is 0. The Labute approximate surface area is 155 Å². The predicted molar refractivity (Wildman–Crippen MR) is 101 cm³/mol. The quantitative estimate of drug-likeness (QED) is 0.328. The zero-order valence-electron chi connectivity index (χ0n) is 15.1. The number of nitrogen functional groups attached to an aromatic ring is 1. The van der Waals surface area contributed by atoms with E-state index in [1.165, 1.54) is 0 Å². The number of carbonyl (C=O) groups is 1. The first kappa shape index (κ1) is 18.4. The zero-order valence-corrected chi connectivity index (χ0v) is 15.1. The highest BCUT2D eigenvalue weighted by Gasteiger charge is 2.18. The van der Waals surface area contributed by atoms with Gasteiger partial charge in [-0.05, 0) is 32.4 Å². The maximum absolute atomic E-state index is 10.7. The normalized spacial score (nSPS) is 10.9. The van der Waals surface area contributed by atoms with E-state index in [4.69, 9.17) is 15.7 Å². The van der Waals surface area contributed by atoms with E-state index in [-0.39, 0.29) is 6.61 Å². The highest BCUT2D eigenvalue weighted by Crippen LogP contribution is 2.27. The van der Waals surface area contributed by atoms with Gasteiger partial charge in [-0.25, -0.2) is 14.8 Å². The van der Waals surface area contributed by atoms with Crippen LogP contribution in [0.3, 0.4) is 0 Å². The van der Waals surface area contributed by atoms with Gasteiger partial charge in [0.15, 0.2) is 18.2 Å². The van der Waals surface area contributed by atoms with E-state index in [1.807, 2.05) is 24.5 Å². The van der Waals surface area contributed by atoms with E-state index in [1.54, 1.807) is 12.3 Å². The van der Waals surface area contributed by atoms with E-state index in [0.29, 0.717) is 47.7 Å². The maximum atomic E-state index is 10.7.